The van der Waals surface area contributed by atoms with Crippen molar-refractivity contribution >= 4 is 11.9 Å². The van der Waals surface area contributed by atoms with Gasteiger partial charge in [0.25, 0.3) is 0 Å². The number of hydrogen-bond donors (Lipinski definition) is 1. The molecule has 0 saturated heterocycles. The monoisotopic (exact) mass is 253 g/mol. The lowest BCUT2D eigenvalue weighted by atomic mass is 10.3. The molecule has 0 bridgehead atoms. The van der Waals surface area contributed by atoms with Gasteiger partial charge in [0.05, 0.1) is 12.8 Å². The summed E-state index contributed by atoms with van der Waals surface area (Å²) in [7, 11) is 1.29. The minimum atomic E-state index is -0.622. The van der Waals surface area contributed by atoms with Crippen molar-refractivity contribution in [3.63, 3.8) is 0 Å². The van der Waals surface area contributed by atoms with Crippen LogP contribution in [-0.4, -0.2) is 34.8 Å². The second-order valence-corrected chi connectivity index (χ2v) is 4.21. The molecule has 1 atom stereocenters. The molecule has 18 heavy (non-hydrogen) atoms. The van der Waals surface area contributed by atoms with E-state index in [9.17, 15) is 9.59 Å². The minimum Gasteiger partial charge on any atom is -0.467 e. The van der Waals surface area contributed by atoms with E-state index in [1.54, 1.807) is 11.6 Å². The predicted molar refractivity (Wildman–Crippen MR) is 65.9 cm³/mol. The van der Waals surface area contributed by atoms with E-state index < -0.39 is 12.0 Å². The summed E-state index contributed by atoms with van der Waals surface area (Å²) >= 11 is 0. The predicted octanol–water partition coefficient (Wildman–Crippen LogP) is 0.568. The summed E-state index contributed by atoms with van der Waals surface area (Å²) in [5.74, 6) is -0.644. The number of ether oxygens (including phenoxy) is 1. The minimum absolute atomic E-state index is 0.194. The maximum Gasteiger partial charge on any atom is 0.328 e. The summed E-state index contributed by atoms with van der Waals surface area (Å²) in [4.78, 5) is 22.7. The first-order chi connectivity index (χ1) is 8.43. The normalized spacial score (nSPS) is 12.0. The topological polar surface area (TPSA) is 73.2 Å². The van der Waals surface area contributed by atoms with Gasteiger partial charge in [0.1, 0.15) is 6.04 Å². The summed E-state index contributed by atoms with van der Waals surface area (Å²) in [6.07, 6.45) is 0.281. The summed E-state index contributed by atoms with van der Waals surface area (Å²) in [6, 6.07) is 1.33. The highest BCUT2D eigenvalue weighted by molar-refractivity contribution is 5.83. The molecule has 0 aliphatic heterocycles. The molecule has 1 aromatic heterocycles. The van der Waals surface area contributed by atoms with E-state index in [1.807, 2.05) is 19.9 Å². The SMILES string of the molecule is COC(=O)C(C)NC(=O)CCn1nc(C)cc1C. The van der Waals surface area contributed by atoms with Crippen molar-refractivity contribution in [3.05, 3.63) is 17.5 Å². The zero-order chi connectivity index (χ0) is 13.7. The fourth-order valence-corrected chi connectivity index (χ4v) is 1.66. The number of nitrogens with one attached hydrogen (secondary N) is 1. The average molecular weight is 253 g/mol. The van der Waals surface area contributed by atoms with Crippen LogP contribution in [0.1, 0.15) is 24.7 Å². The molecule has 1 rings (SSSR count). The maximum absolute atomic E-state index is 11.6. The Balaban J connectivity index is 2.42. The molecule has 1 amide bonds. The van der Waals surface area contributed by atoms with E-state index in [0.29, 0.717) is 6.54 Å². The van der Waals surface area contributed by atoms with Gasteiger partial charge in [0.2, 0.25) is 5.91 Å². The quantitative estimate of drug-likeness (QED) is 0.778. The molecule has 1 unspecified atom stereocenters. The molecule has 6 heteroatoms. The second kappa shape index (κ2) is 6.18. The van der Waals surface area contributed by atoms with E-state index in [-0.39, 0.29) is 12.3 Å². The lowest BCUT2D eigenvalue weighted by Gasteiger charge is -2.11. The number of carbonyl (C=O) groups excluding carboxylic acids is 2. The van der Waals surface area contributed by atoms with Crippen LogP contribution in [0.3, 0.4) is 0 Å². The molecular formula is C12H19N3O3. The highest BCUT2D eigenvalue weighted by Crippen LogP contribution is 2.02. The number of nitrogens with zero attached hydrogens (tertiary/aromatic N) is 2. The molecule has 1 N–H and O–H groups in total. The number of methoxy groups -OCH3 is 1. The Morgan fingerprint density at radius 3 is 2.67 bits per heavy atom. The molecule has 0 spiro atoms. The van der Waals surface area contributed by atoms with Crippen LogP contribution in [0.4, 0.5) is 0 Å². The molecule has 100 valence electrons. The van der Waals surface area contributed by atoms with Crippen molar-refractivity contribution in [2.45, 2.75) is 39.8 Å². The number of esters is 1. The number of aryl methyl sites for hydroxylation is 3. The fraction of sp³-hybridized carbons (Fsp3) is 0.583. The van der Waals surface area contributed by atoms with Crippen LogP contribution in [-0.2, 0) is 20.9 Å². The molecule has 0 saturated carbocycles. The Morgan fingerprint density at radius 2 is 2.17 bits per heavy atom. The molecule has 0 aromatic carbocycles. The van der Waals surface area contributed by atoms with Crippen LogP contribution in [0.2, 0.25) is 0 Å². The Kier molecular flexibility index (Phi) is 4.88. The third kappa shape index (κ3) is 3.87. The third-order valence-electron chi connectivity index (χ3n) is 2.59. The second-order valence-electron chi connectivity index (χ2n) is 4.21. The van der Waals surface area contributed by atoms with E-state index in [1.165, 1.54) is 7.11 Å². The van der Waals surface area contributed by atoms with Gasteiger partial charge in [-0.1, -0.05) is 0 Å². The first kappa shape index (κ1) is 14.2. The van der Waals surface area contributed by atoms with E-state index >= 15 is 0 Å². The van der Waals surface area contributed by atoms with Gasteiger partial charge in [0.15, 0.2) is 0 Å². The number of rotatable bonds is 5. The highest BCUT2D eigenvalue weighted by atomic mass is 16.5. The van der Waals surface area contributed by atoms with Gasteiger partial charge in [-0.15, -0.1) is 0 Å². The lowest BCUT2D eigenvalue weighted by molar-refractivity contribution is -0.144. The Morgan fingerprint density at radius 1 is 1.50 bits per heavy atom. The van der Waals surface area contributed by atoms with Crippen LogP contribution in [0.5, 0.6) is 0 Å². The van der Waals surface area contributed by atoms with E-state index in [2.05, 4.69) is 15.2 Å². The number of amides is 1. The van der Waals surface area contributed by atoms with Crippen LogP contribution >= 0.6 is 0 Å². The molecule has 0 aliphatic carbocycles. The molecule has 0 radical (unpaired) electrons. The number of aromatic nitrogens is 2. The summed E-state index contributed by atoms with van der Waals surface area (Å²) in [5.41, 5.74) is 1.94. The first-order valence-electron chi connectivity index (χ1n) is 5.82. The van der Waals surface area contributed by atoms with E-state index in [4.69, 9.17) is 0 Å². The van der Waals surface area contributed by atoms with Crippen molar-refractivity contribution in [2.24, 2.45) is 0 Å². The molecule has 0 fully saturated rings. The third-order valence-corrected chi connectivity index (χ3v) is 2.59. The largest absolute Gasteiger partial charge is 0.467 e. The van der Waals surface area contributed by atoms with Crippen LogP contribution in [0.25, 0.3) is 0 Å². The molecule has 6 nitrogen and oxygen atoms in total. The van der Waals surface area contributed by atoms with Gasteiger partial charge in [-0.25, -0.2) is 4.79 Å². The standard InChI is InChI=1S/C12H19N3O3/c1-8-7-9(2)15(14-8)6-5-11(16)13-10(3)12(17)18-4/h7,10H,5-6H2,1-4H3,(H,13,16). The van der Waals surface area contributed by atoms with Crippen molar-refractivity contribution in [2.75, 3.05) is 7.11 Å². The fourth-order valence-electron chi connectivity index (χ4n) is 1.66. The smallest absolute Gasteiger partial charge is 0.328 e. The van der Waals surface area contributed by atoms with Crippen molar-refractivity contribution in [1.29, 1.82) is 0 Å². The average Bonchev–Trinajstić information content (AvgIpc) is 2.64. The lowest BCUT2D eigenvalue weighted by Crippen LogP contribution is -2.39. The van der Waals surface area contributed by atoms with Crippen LogP contribution < -0.4 is 5.32 Å². The number of carbonyl (C=O) groups is 2. The molecular weight excluding hydrogens is 234 g/mol. The highest BCUT2D eigenvalue weighted by Gasteiger charge is 2.15. The Bertz CT molecular complexity index is 440. The maximum atomic E-state index is 11.6. The van der Waals surface area contributed by atoms with Gasteiger partial charge in [0, 0.05) is 18.7 Å². The van der Waals surface area contributed by atoms with Crippen molar-refractivity contribution in [1.82, 2.24) is 15.1 Å². The van der Waals surface area contributed by atoms with E-state index in [0.717, 1.165) is 11.4 Å². The first-order valence-corrected chi connectivity index (χ1v) is 5.82. The summed E-state index contributed by atoms with van der Waals surface area (Å²) < 4.78 is 6.30. The Hall–Kier alpha value is -1.85. The van der Waals surface area contributed by atoms with Gasteiger partial charge < -0.3 is 10.1 Å². The Labute approximate surface area is 106 Å². The van der Waals surface area contributed by atoms with Crippen LogP contribution in [0, 0.1) is 13.8 Å². The molecule has 0 aliphatic rings. The van der Waals surface area contributed by atoms with Gasteiger partial charge >= 0.3 is 5.97 Å². The number of hydrogen-bond acceptors (Lipinski definition) is 4. The summed E-state index contributed by atoms with van der Waals surface area (Å²) in [5, 5.41) is 6.83. The zero-order valence-electron chi connectivity index (χ0n) is 11.2. The molecule has 1 heterocycles. The summed E-state index contributed by atoms with van der Waals surface area (Å²) in [6.45, 7) is 5.93. The van der Waals surface area contributed by atoms with Crippen molar-refractivity contribution < 1.29 is 14.3 Å². The molecule has 1 aromatic rings. The van der Waals surface area contributed by atoms with Gasteiger partial charge in [-0.3, -0.25) is 9.48 Å². The van der Waals surface area contributed by atoms with Gasteiger partial charge in [-0.2, -0.15) is 5.10 Å². The van der Waals surface area contributed by atoms with Gasteiger partial charge in [-0.05, 0) is 26.8 Å². The zero-order valence-corrected chi connectivity index (χ0v) is 11.2. The van der Waals surface area contributed by atoms with Crippen molar-refractivity contribution in [3.8, 4) is 0 Å². The van der Waals surface area contributed by atoms with Crippen LogP contribution in [0.15, 0.2) is 6.07 Å².